The van der Waals surface area contributed by atoms with Crippen molar-refractivity contribution in [3.63, 3.8) is 0 Å². The predicted octanol–water partition coefficient (Wildman–Crippen LogP) is 3.74. The molecule has 0 aliphatic carbocycles. The lowest BCUT2D eigenvalue weighted by molar-refractivity contribution is -0.134. The van der Waals surface area contributed by atoms with Gasteiger partial charge in [0, 0.05) is 18.7 Å². The Morgan fingerprint density at radius 3 is 2.50 bits per heavy atom. The summed E-state index contributed by atoms with van der Waals surface area (Å²) in [6, 6.07) is 17.6. The lowest BCUT2D eigenvalue weighted by Gasteiger charge is -2.29. The van der Waals surface area contributed by atoms with E-state index in [-0.39, 0.29) is 5.91 Å². The summed E-state index contributed by atoms with van der Waals surface area (Å²) >= 11 is 1.29. The van der Waals surface area contributed by atoms with Gasteiger partial charge in [-0.3, -0.25) is 4.79 Å². The van der Waals surface area contributed by atoms with Crippen LogP contribution in [-0.2, 0) is 9.53 Å². The van der Waals surface area contributed by atoms with Crippen LogP contribution in [0.25, 0.3) is 11.5 Å². The van der Waals surface area contributed by atoms with Crippen molar-refractivity contribution < 1.29 is 13.9 Å². The van der Waals surface area contributed by atoms with Gasteiger partial charge in [-0.25, -0.2) is 0 Å². The maximum Gasteiger partial charge on any atom is 0.277 e. The van der Waals surface area contributed by atoms with Gasteiger partial charge in [-0.05, 0) is 35.9 Å². The van der Waals surface area contributed by atoms with E-state index in [1.807, 2.05) is 66.4 Å². The zero-order valence-corrected chi connectivity index (χ0v) is 16.4. The highest BCUT2D eigenvalue weighted by molar-refractivity contribution is 8.00. The van der Waals surface area contributed by atoms with E-state index < -0.39 is 5.25 Å². The molecular formula is C21H21N3O3S. The van der Waals surface area contributed by atoms with Crippen molar-refractivity contribution in [3.05, 3.63) is 65.7 Å². The molecule has 2 heterocycles. The minimum atomic E-state index is -0.440. The van der Waals surface area contributed by atoms with Crippen LogP contribution in [0.1, 0.15) is 16.4 Å². The van der Waals surface area contributed by atoms with Crippen molar-refractivity contribution in [1.82, 2.24) is 15.1 Å². The van der Waals surface area contributed by atoms with E-state index in [0.717, 1.165) is 16.7 Å². The summed E-state index contributed by atoms with van der Waals surface area (Å²) in [4.78, 5) is 15.0. The lowest BCUT2D eigenvalue weighted by Crippen LogP contribution is -2.42. The molecule has 0 unspecified atom stereocenters. The molecule has 0 spiro atoms. The highest BCUT2D eigenvalue weighted by atomic mass is 32.2. The third kappa shape index (κ3) is 4.10. The van der Waals surface area contributed by atoms with Gasteiger partial charge in [0.05, 0.1) is 13.2 Å². The van der Waals surface area contributed by atoms with Crippen molar-refractivity contribution in [2.75, 3.05) is 26.3 Å². The Morgan fingerprint density at radius 2 is 1.75 bits per heavy atom. The largest absolute Gasteiger partial charge is 0.411 e. The van der Waals surface area contributed by atoms with Crippen LogP contribution in [-0.4, -0.2) is 47.3 Å². The molecular weight excluding hydrogens is 374 g/mol. The summed E-state index contributed by atoms with van der Waals surface area (Å²) in [7, 11) is 0. The number of carbonyl (C=O) groups excluding carboxylic acids is 1. The van der Waals surface area contributed by atoms with Gasteiger partial charge < -0.3 is 14.1 Å². The Morgan fingerprint density at radius 1 is 1.04 bits per heavy atom. The number of benzene rings is 2. The summed E-state index contributed by atoms with van der Waals surface area (Å²) < 4.78 is 11.3. The number of hydrogen-bond acceptors (Lipinski definition) is 6. The topological polar surface area (TPSA) is 68.5 Å². The van der Waals surface area contributed by atoms with Gasteiger partial charge >= 0.3 is 0 Å². The highest BCUT2D eigenvalue weighted by Crippen LogP contribution is 2.37. The molecule has 0 radical (unpaired) electrons. The number of ether oxygens (including phenoxy) is 1. The standard InChI is InChI=1S/C21H21N3O3S/c1-15-7-5-6-10-17(15)19-22-23-21(27-19)28-18(16-8-3-2-4-9-16)20(25)24-11-13-26-14-12-24/h2-10,18H,11-14H2,1H3/t18-/m0/s1. The predicted molar refractivity (Wildman–Crippen MR) is 107 cm³/mol. The van der Waals surface area contributed by atoms with Gasteiger partial charge in [0.1, 0.15) is 5.25 Å². The molecule has 3 aromatic rings. The highest BCUT2D eigenvalue weighted by Gasteiger charge is 2.30. The molecule has 1 saturated heterocycles. The molecule has 4 rings (SSSR count). The SMILES string of the molecule is Cc1ccccc1-c1nnc(S[C@H](C(=O)N2CCOCC2)c2ccccc2)o1. The van der Waals surface area contributed by atoms with Crippen LogP contribution >= 0.6 is 11.8 Å². The minimum Gasteiger partial charge on any atom is -0.411 e. The molecule has 0 N–H and O–H groups in total. The molecule has 1 amide bonds. The fourth-order valence-corrected chi connectivity index (χ4v) is 4.08. The van der Waals surface area contributed by atoms with Crippen LogP contribution in [0.5, 0.6) is 0 Å². The van der Waals surface area contributed by atoms with Crippen molar-refractivity contribution in [2.45, 2.75) is 17.4 Å². The molecule has 7 heteroatoms. The van der Waals surface area contributed by atoms with Gasteiger partial charge in [-0.15, -0.1) is 10.2 Å². The number of morpholine rings is 1. The second-order valence-electron chi connectivity index (χ2n) is 6.53. The summed E-state index contributed by atoms with van der Waals surface area (Å²) in [5, 5.41) is 8.30. The van der Waals surface area contributed by atoms with Gasteiger partial charge in [0.15, 0.2) is 0 Å². The molecule has 2 aromatic carbocycles. The number of rotatable bonds is 5. The summed E-state index contributed by atoms with van der Waals surface area (Å²) in [6.07, 6.45) is 0. The summed E-state index contributed by atoms with van der Waals surface area (Å²) in [6.45, 7) is 4.33. The molecule has 28 heavy (non-hydrogen) atoms. The number of aryl methyl sites for hydroxylation is 1. The number of carbonyl (C=O) groups is 1. The Bertz CT molecular complexity index is 939. The fraction of sp³-hybridized carbons (Fsp3) is 0.286. The van der Waals surface area contributed by atoms with Gasteiger partial charge in [0.25, 0.3) is 5.22 Å². The second-order valence-corrected chi connectivity index (χ2v) is 7.59. The molecule has 1 atom stereocenters. The number of aromatic nitrogens is 2. The van der Waals surface area contributed by atoms with E-state index >= 15 is 0 Å². The first-order valence-corrected chi connectivity index (χ1v) is 10.1. The van der Waals surface area contributed by atoms with E-state index in [1.54, 1.807) is 0 Å². The maximum absolute atomic E-state index is 13.2. The number of amides is 1. The van der Waals surface area contributed by atoms with Crippen LogP contribution < -0.4 is 0 Å². The van der Waals surface area contributed by atoms with Crippen molar-refractivity contribution in [3.8, 4) is 11.5 Å². The van der Waals surface area contributed by atoms with Gasteiger partial charge in [0.2, 0.25) is 11.8 Å². The van der Waals surface area contributed by atoms with Crippen LogP contribution in [0, 0.1) is 6.92 Å². The van der Waals surface area contributed by atoms with Gasteiger partial charge in [-0.1, -0.05) is 48.5 Å². The quantitative estimate of drug-likeness (QED) is 0.613. The average molecular weight is 395 g/mol. The minimum absolute atomic E-state index is 0.0372. The third-order valence-corrected chi connectivity index (χ3v) is 5.73. The first kappa shape index (κ1) is 18.7. The molecule has 1 aliphatic rings. The Hall–Kier alpha value is -2.64. The lowest BCUT2D eigenvalue weighted by atomic mass is 10.1. The Balaban J connectivity index is 1.59. The van der Waals surface area contributed by atoms with Crippen LogP contribution in [0.3, 0.4) is 0 Å². The first-order chi connectivity index (χ1) is 13.7. The maximum atomic E-state index is 13.2. The molecule has 0 saturated carbocycles. The monoisotopic (exact) mass is 395 g/mol. The smallest absolute Gasteiger partial charge is 0.277 e. The summed E-state index contributed by atoms with van der Waals surface area (Å²) in [5.74, 6) is 0.501. The molecule has 0 bridgehead atoms. The summed E-state index contributed by atoms with van der Waals surface area (Å²) in [5.41, 5.74) is 2.88. The Labute approximate surface area is 167 Å². The van der Waals surface area contributed by atoms with Crippen LogP contribution in [0.15, 0.2) is 64.2 Å². The van der Waals surface area contributed by atoms with Crippen LogP contribution in [0.4, 0.5) is 0 Å². The third-order valence-electron chi connectivity index (χ3n) is 4.65. The van der Waals surface area contributed by atoms with Gasteiger partial charge in [-0.2, -0.15) is 0 Å². The fourth-order valence-electron chi connectivity index (χ4n) is 3.12. The number of hydrogen-bond donors (Lipinski definition) is 0. The van der Waals surface area contributed by atoms with E-state index in [1.165, 1.54) is 11.8 Å². The van der Waals surface area contributed by atoms with E-state index in [0.29, 0.717) is 37.4 Å². The molecule has 144 valence electrons. The number of thioether (sulfide) groups is 1. The van der Waals surface area contributed by atoms with E-state index in [9.17, 15) is 4.79 Å². The molecule has 1 fully saturated rings. The zero-order valence-electron chi connectivity index (χ0n) is 15.6. The molecule has 6 nitrogen and oxygen atoms in total. The van der Waals surface area contributed by atoms with Crippen molar-refractivity contribution in [2.24, 2.45) is 0 Å². The van der Waals surface area contributed by atoms with Crippen molar-refractivity contribution in [1.29, 1.82) is 0 Å². The van der Waals surface area contributed by atoms with E-state index in [4.69, 9.17) is 9.15 Å². The normalized spacial score (nSPS) is 15.4. The molecule has 1 aromatic heterocycles. The number of nitrogens with zero attached hydrogens (tertiary/aromatic N) is 3. The van der Waals surface area contributed by atoms with Crippen LogP contribution in [0.2, 0.25) is 0 Å². The molecule has 1 aliphatic heterocycles. The average Bonchev–Trinajstić information content (AvgIpc) is 3.21. The Kier molecular flexibility index (Phi) is 5.73. The first-order valence-electron chi connectivity index (χ1n) is 9.20. The zero-order chi connectivity index (χ0) is 19.3. The van der Waals surface area contributed by atoms with Crippen molar-refractivity contribution >= 4 is 17.7 Å². The van der Waals surface area contributed by atoms with E-state index in [2.05, 4.69) is 10.2 Å². The second kappa shape index (κ2) is 8.58.